The smallest absolute Gasteiger partial charge is 0.223 e. The van der Waals surface area contributed by atoms with E-state index in [1.54, 1.807) is 0 Å². The number of carbonyl (C=O) groups is 1. The zero-order valence-corrected chi connectivity index (χ0v) is 12.4. The molecule has 0 bridgehead atoms. The van der Waals surface area contributed by atoms with Crippen molar-refractivity contribution in [1.29, 1.82) is 0 Å². The SMILES string of the molecule is Cc1nc(C)c(CCNC(=O)CCOc2ccccc2)o1. The third-order valence-corrected chi connectivity index (χ3v) is 3.01. The summed E-state index contributed by atoms with van der Waals surface area (Å²) in [6.07, 6.45) is 0.987. The number of benzene rings is 1. The molecule has 1 aromatic carbocycles. The first kappa shape index (κ1) is 15.1. The molecule has 0 aliphatic carbocycles. The fraction of sp³-hybridized carbons (Fsp3) is 0.375. The van der Waals surface area contributed by atoms with E-state index in [2.05, 4.69) is 10.3 Å². The maximum atomic E-state index is 11.7. The van der Waals surface area contributed by atoms with E-state index in [1.165, 1.54) is 0 Å². The number of carbonyl (C=O) groups excluding carboxylic acids is 1. The predicted octanol–water partition coefficient (Wildman–Crippen LogP) is 2.42. The molecule has 1 N–H and O–H groups in total. The number of hydrogen-bond acceptors (Lipinski definition) is 4. The lowest BCUT2D eigenvalue weighted by atomic mass is 10.3. The summed E-state index contributed by atoms with van der Waals surface area (Å²) in [4.78, 5) is 15.9. The molecular formula is C16H20N2O3. The number of amides is 1. The van der Waals surface area contributed by atoms with Crippen LogP contribution in [0.3, 0.4) is 0 Å². The highest BCUT2D eigenvalue weighted by molar-refractivity contribution is 5.75. The number of nitrogens with zero attached hydrogens (tertiary/aromatic N) is 1. The molecule has 5 heteroatoms. The highest BCUT2D eigenvalue weighted by Crippen LogP contribution is 2.09. The third-order valence-electron chi connectivity index (χ3n) is 3.01. The van der Waals surface area contributed by atoms with Crippen LogP contribution < -0.4 is 10.1 Å². The molecule has 0 saturated carbocycles. The molecule has 0 atom stereocenters. The minimum absolute atomic E-state index is 0.0279. The van der Waals surface area contributed by atoms with Crippen molar-refractivity contribution in [1.82, 2.24) is 10.3 Å². The quantitative estimate of drug-likeness (QED) is 0.850. The van der Waals surface area contributed by atoms with E-state index in [0.29, 0.717) is 31.9 Å². The fourth-order valence-electron chi connectivity index (χ4n) is 1.99. The van der Waals surface area contributed by atoms with Gasteiger partial charge in [0, 0.05) is 19.9 Å². The van der Waals surface area contributed by atoms with Gasteiger partial charge in [0.2, 0.25) is 5.91 Å². The number of nitrogens with one attached hydrogen (secondary N) is 1. The molecule has 0 fully saturated rings. The highest BCUT2D eigenvalue weighted by Gasteiger charge is 2.07. The average molecular weight is 288 g/mol. The molecule has 0 saturated heterocycles. The molecule has 112 valence electrons. The van der Waals surface area contributed by atoms with Crippen LogP contribution in [0.1, 0.15) is 23.8 Å². The van der Waals surface area contributed by atoms with Gasteiger partial charge in [-0.05, 0) is 19.1 Å². The second kappa shape index (κ2) is 7.47. The van der Waals surface area contributed by atoms with Crippen molar-refractivity contribution in [3.63, 3.8) is 0 Å². The van der Waals surface area contributed by atoms with Crippen LogP contribution in [0.5, 0.6) is 5.75 Å². The van der Waals surface area contributed by atoms with Crippen molar-refractivity contribution in [2.45, 2.75) is 26.7 Å². The second-order valence-corrected chi connectivity index (χ2v) is 4.75. The topological polar surface area (TPSA) is 64.4 Å². The van der Waals surface area contributed by atoms with Crippen LogP contribution in [0.25, 0.3) is 0 Å². The Morgan fingerprint density at radius 3 is 2.71 bits per heavy atom. The Labute approximate surface area is 124 Å². The maximum Gasteiger partial charge on any atom is 0.223 e. The van der Waals surface area contributed by atoms with E-state index in [9.17, 15) is 4.79 Å². The van der Waals surface area contributed by atoms with E-state index in [4.69, 9.17) is 9.15 Å². The van der Waals surface area contributed by atoms with Gasteiger partial charge in [0.05, 0.1) is 18.7 Å². The van der Waals surface area contributed by atoms with Crippen LogP contribution in [0.2, 0.25) is 0 Å². The number of ether oxygens (including phenoxy) is 1. The normalized spacial score (nSPS) is 10.4. The lowest BCUT2D eigenvalue weighted by Crippen LogP contribution is -2.27. The zero-order valence-electron chi connectivity index (χ0n) is 12.4. The summed E-state index contributed by atoms with van der Waals surface area (Å²) in [6.45, 7) is 4.63. The van der Waals surface area contributed by atoms with Crippen LogP contribution in [-0.2, 0) is 11.2 Å². The summed E-state index contributed by atoms with van der Waals surface area (Å²) in [5.74, 6) is 2.23. The van der Waals surface area contributed by atoms with E-state index >= 15 is 0 Å². The number of aryl methyl sites for hydroxylation is 2. The molecule has 0 aliphatic rings. The third kappa shape index (κ3) is 4.95. The molecule has 1 heterocycles. The Morgan fingerprint density at radius 1 is 1.29 bits per heavy atom. The van der Waals surface area contributed by atoms with Gasteiger partial charge < -0.3 is 14.5 Å². The first-order chi connectivity index (χ1) is 10.1. The molecule has 2 aromatic rings. The van der Waals surface area contributed by atoms with Crippen molar-refractivity contribution in [2.75, 3.05) is 13.2 Å². The Balaban J connectivity index is 1.63. The van der Waals surface area contributed by atoms with Gasteiger partial charge in [-0.25, -0.2) is 4.98 Å². The average Bonchev–Trinajstić information content (AvgIpc) is 2.78. The monoisotopic (exact) mass is 288 g/mol. The van der Waals surface area contributed by atoms with E-state index in [-0.39, 0.29) is 5.91 Å². The minimum Gasteiger partial charge on any atom is -0.493 e. The predicted molar refractivity (Wildman–Crippen MR) is 79.2 cm³/mol. The van der Waals surface area contributed by atoms with Crippen molar-refractivity contribution in [3.05, 3.63) is 47.7 Å². The lowest BCUT2D eigenvalue weighted by molar-refractivity contribution is -0.121. The van der Waals surface area contributed by atoms with Crippen LogP contribution in [0, 0.1) is 13.8 Å². The van der Waals surface area contributed by atoms with Gasteiger partial charge in [-0.2, -0.15) is 0 Å². The molecule has 21 heavy (non-hydrogen) atoms. The first-order valence-electron chi connectivity index (χ1n) is 7.02. The van der Waals surface area contributed by atoms with Gasteiger partial charge in [-0.1, -0.05) is 18.2 Å². The van der Waals surface area contributed by atoms with E-state index in [1.807, 2.05) is 44.2 Å². The molecule has 0 unspecified atom stereocenters. The fourth-order valence-corrected chi connectivity index (χ4v) is 1.99. The minimum atomic E-state index is -0.0279. The lowest BCUT2D eigenvalue weighted by Gasteiger charge is -2.06. The standard InChI is InChI=1S/C16H20N2O3/c1-12-15(21-13(2)18-12)8-10-17-16(19)9-11-20-14-6-4-3-5-7-14/h3-7H,8-11H2,1-2H3,(H,17,19). The zero-order chi connectivity index (χ0) is 15.1. The van der Waals surface area contributed by atoms with Crippen LogP contribution in [-0.4, -0.2) is 24.0 Å². The molecular weight excluding hydrogens is 268 g/mol. The Morgan fingerprint density at radius 2 is 2.05 bits per heavy atom. The number of hydrogen-bond donors (Lipinski definition) is 1. The summed E-state index contributed by atoms with van der Waals surface area (Å²) in [5.41, 5.74) is 0.883. The van der Waals surface area contributed by atoms with Gasteiger partial charge in [0.15, 0.2) is 5.89 Å². The summed E-state index contributed by atoms with van der Waals surface area (Å²) in [6, 6.07) is 9.46. The Hall–Kier alpha value is -2.30. The van der Waals surface area contributed by atoms with Gasteiger partial charge >= 0.3 is 0 Å². The van der Waals surface area contributed by atoms with Gasteiger partial charge in [0.25, 0.3) is 0 Å². The number of rotatable bonds is 7. The molecule has 5 nitrogen and oxygen atoms in total. The van der Waals surface area contributed by atoms with E-state index in [0.717, 1.165) is 17.2 Å². The van der Waals surface area contributed by atoms with Crippen molar-refractivity contribution >= 4 is 5.91 Å². The van der Waals surface area contributed by atoms with Crippen molar-refractivity contribution < 1.29 is 13.9 Å². The Bertz CT molecular complexity index is 578. The molecule has 0 spiro atoms. The number of aromatic nitrogens is 1. The van der Waals surface area contributed by atoms with Crippen LogP contribution in [0.4, 0.5) is 0 Å². The molecule has 1 amide bonds. The molecule has 2 rings (SSSR count). The van der Waals surface area contributed by atoms with Gasteiger partial charge in [0.1, 0.15) is 11.5 Å². The number of para-hydroxylation sites is 1. The molecule has 0 aliphatic heterocycles. The van der Waals surface area contributed by atoms with Crippen molar-refractivity contribution in [2.24, 2.45) is 0 Å². The molecule has 0 radical (unpaired) electrons. The summed E-state index contributed by atoms with van der Waals surface area (Å²) in [5, 5.41) is 2.85. The van der Waals surface area contributed by atoms with Crippen LogP contribution >= 0.6 is 0 Å². The number of oxazole rings is 1. The van der Waals surface area contributed by atoms with Gasteiger partial charge in [-0.3, -0.25) is 4.79 Å². The Kier molecular flexibility index (Phi) is 5.37. The highest BCUT2D eigenvalue weighted by atomic mass is 16.5. The van der Waals surface area contributed by atoms with Crippen molar-refractivity contribution in [3.8, 4) is 5.75 Å². The summed E-state index contributed by atoms with van der Waals surface area (Å²) >= 11 is 0. The second-order valence-electron chi connectivity index (χ2n) is 4.75. The van der Waals surface area contributed by atoms with Gasteiger partial charge in [-0.15, -0.1) is 0 Å². The van der Waals surface area contributed by atoms with E-state index < -0.39 is 0 Å². The summed E-state index contributed by atoms with van der Waals surface area (Å²) < 4.78 is 10.9. The first-order valence-corrected chi connectivity index (χ1v) is 7.02. The maximum absolute atomic E-state index is 11.7. The van der Waals surface area contributed by atoms with Crippen LogP contribution in [0.15, 0.2) is 34.7 Å². The summed E-state index contributed by atoms with van der Waals surface area (Å²) in [7, 11) is 0. The molecule has 1 aromatic heterocycles. The largest absolute Gasteiger partial charge is 0.493 e.